The number of rotatable bonds is 6. The van der Waals surface area contributed by atoms with E-state index in [0.717, 1.165) is 22.4 Å². The zero-order valence-electron chi connectivity index (χ0n) is 17.2. The average molecular weight is 441 g/mol. The van der Waals surface area contributed by atoms with E-state index in [1.165, 1.54) is 0 Å². The van der Waals surface area contributed by atoms with E-state index < -0.39 is 6.10 Å². The third kappa shape index (κ3) is 5.60. The number of aliphatic hydroxyl groups excluding tert-OH is 2. The number of benzene rings is 2. The molecule has 2 heterocycles. The van der Waals surface area contributed by atoms with Crippen LogP contribution in [-0.2, 0) is 11.2 Å². The maximum atomic E-state index is 10.1. The second-order valence-electron chi connectivity index (χ2n) is 7.84. The van der Waals surface area contributed by atoms with E-state index in [-0.39, 0.29) is 18.8 Å². The van der Waals surface area contributed by atoms with Gasteiger partial charge in [0.05, 0.1) is 30.6 Å². The van der Waals surface area contributed by atoms with Gasteiger partial charge in [0, 0.05) is 23.9 Å². The Bertz CT molecular complexity index is 1010. The molecule has 0 bridgehead atoms. The molecule has 1 aliphatic rings. The predicted molar refractivity (Wildman–Crippen MR) is 117 cm³/mol. The molecule has 1 aliphatic heterocycles. The molecule has 6 nitrogen and oxygen atoms in total. The van der Waals surface area contributed by atoms with Gasteiger partial charge in [0.1, 0.15) is 5.75 Å². The van der Waals surface area contributed by atoms with Crippen LogP contribution in [0.3, 0.4) is 0 Å². The molecule has 2 N–H and O–H groups in total. The van der Waals surface area contributed by atoms with Crippen molar-refractivity contribution in [3.05, 3.63) is 82.0 Å². The van der Waals surface area contributed by atoms with Crippen molar-refractivity contribution in [1.29, 1.82) is 0 Å². The minimum atomic E-state index is -0.485. The first-order chi connectivity index (χ1) is 15.0. The number of aryl methyl sites for hydroxylation is 1. The molecule has 0 saturated carbocycles. The smallest absolute Gasteiger partial charge is 0.238 e. The van der Waals surface area contributed by atoms with Crippen LogP contribution < -0.4 is 4.74 Å². The van der Waals surface area contributed by atoms with Crippen LogP contribution in [0.5, 0.6) is 11.6 Å². The van der Waals surface area contributed by atoms with E-state index in [4.69, 9.17) is 21.1 Å². The molecule has 3 aromatic rings. The van der Waals surface area contributed by atoms with Crippen molar-refractivity contribution in [3.63, 3.8) is 0 Å². The van der Waals surface area contributed by atoms with Crippen LogP contribution in [0.25, 0.3) is 0 Å². The van der Waals surface area contributed by atoms with Gasteiger partial charge in [-0.15, -0.1) is 5.10 Å². The molecule has 1 fully saturated rings. The van der Waals surface area contributed by atoms with Gasteiger partial charge in [-0.05, 0) is 54.3 Å². The Hall–Kier alpha value is -2.51. The van der Waals surface area contributed by atoms with Crippen molar-refractivity contribution in [2.24, 2.45) is 0 Å². The van der Waals surface area contributed by atoms with E-state index in [0.29, 0.717) is 35.9 Å². The number of ether oxygens (including phenoxy) is 2. The van der Waals surface area contributed by atoms with Crippen molar-refractivity contribution in [3.8, 4) is 11.6 Å². The zero-order valence-corrected chi connectivity index (χ0v) is 18.0. The lowest BCUT2D eigenvalue weighted by Crippen LogP contribution is -2.33. The van der Waals surface area contributed by atoms with Gasteiger partial charge in [-0.3, -0.25) is 0 Å². The van der Waals surface area contributed by atoms with E-state index in [2.05, 4.69) is 10.2 Å². The highest BCUT2D eigenvalue weighted by atomic mass is 35.5. The second-order valence-corrected chi connectivity index (χ2v) is 8.25. The SMILES string of the molecule is Cc1ccc(Oc2ccc(Cc3cc(C4CC(O)CC(CO)O4)ccc3Cl)cc2)nn1. The van der Waals surface area contributed by atoms with Gasteiger partial charge in [0.2, 0.25) is 5.88 Å². The van der Waals surface area contributed by atoms with Gasteiger partial charge < -0.3 is 19.7 Å². The largest absolute Gasteiger partial charge is 0.438 e. The lowest BCUT2D eigenvalue weighted by molar-refractivity contribution is -0.113. The molecule has 1 saturated heterocycles. The molecule has 4 rings (SSSR count). The summed E-state index contributed by atoms with van der Waals surface area (Å²) in [5.74, 6) is 1.13. The van der Waals surface area contributed by atoms with E-state index in [9.17, 15) is 10.2 Å². The maximum absolute atomic E-state index is 10.1. The van der Waals surface area contributed by atoms with Gasteiger partial charge in [-0.2, -0.15) is 5.10 Å². The lowest BCUT2D eigenvalue weighted by Gasteiger charge is -2.32. The van der Waals surface area contributed by atoms with E-state index >= 15 is 0 Å². The first kappa shape index (κ1) is 21.7. The molecule has 0 amide bonds. The summed E-state index contributed by atoms with van der Waals surface area (Å²) in [4.78, 5) is 0. The average Bonchev–Trinajstić information content (AvgIpc) is 2.77. The number of hydrogen-bond donors (Lipinski definition) is 2. The Kier molecular flexibility index (Phi) is 6.83. The molecule has 3 atom stereocenters. The summed E-state index contributed by atoms with van der Waals surface area (Å²) in [5, 5.41) is 28.2. The fourth-order valence-corrected chi connectivity index (χ4v) is 3.89. The van der Waals surface area contributed by atoms with Crippen molar-refractivity contribution in [2.45, 2.75) is 44.5 Å². The monoisotopic (exact) mass is 440 g/mol. The Morgan fingerprint density at radius 2 is 1.87 bits per heavy atom. The summed E-state index contributed by atoms with van der Waals surface area (Å²) in [5.41, 5.74) is 3.84. The maximum Gasteiger partial charge on any atom is 0.238 e. The van der Waals surface area contributed by atoms with Crippen molar-refractivity contribution in [2.75, 3.05) is 6.61 Å². The Labute approximate surface area is 186 Å². The first-order valence-electron chi connectivity index (χ1n) is 10.3. The number of aromatic nitrogens is 2. The van der Waals surface area contributed by atoms with Crippen LogP contribution in [0.15, 0.2) is 54.6 Å². The molecular formula is C24H25ClN2O4. The van der Waals surface area contributed by atoms with Crippen LogP contribution in [0.1, 0.15) is 41.3 Å². The second kappa shape index (κ2) is 9.75. The molecule has 162 valence electrons. The Balaban J connectivity index is 1.46. The van der Waals surface area contributed by atoms with Gasteiger partial charge in [-0.1, -0.05) is 35.9 Å². The Morgan fingerprint density at radius 3 is 2.58 bits per heavy atom. The van der Waals surface area contributed by atoms with Gasteiger partial charge in [0.15, 0.2) is 0 Å². The summed E-state index contributed by atoms with van der Waals surface area (Å²) < 4.78 is 11.7. The van der Waals surface area contributed by atoms with E-state index in [1.54, 1.807) is 6.07 Å². The molecule has 31 heavy (non-hydrogen) atoms. The zero-order chi connectivity index (χ0) is 21.8. The number of halogens is 1. The van der Waals surface area contributed by atoms with E-state index in [1.807, 2.05) is 55.5 Å². The number of hydrogen-bond acceptors (Lipinski definition) is 6. The fraction of sp³-hybridized carbons (Fsp3) is 0.333. The van der Waals surface area contributed by atoms with Gasteiger partial charge >= 0.3 is 0 Å². The van der Waals surface area contributed by atoms with Crippen LogP contribution >= 0.6 is 11.6 Å². The molecule has 0 radical (unpaired) electrons. The highest BCUT2D eigenvalue weighted by Gasteiger charge is 2.29. The minimum absolute atomic E-state index is 0.101. The number of nitrogens with zero attached hydrogens (tertiary/aromatic N) is 2. The topological polar surface area (TPSA) is 84.7 Å². The predicted octanol–water partition coefficient (Wildman–Crippen LogP) is 4.39. The molecule has 2 aromatic carbocycles. The summed E-state index contributed by atoms with van der Waals surface area (Å²) in [6.45, 7) is 1.77. The molecule has 1 aromatic heterocycles. The van der Waals surface area contributed by atoms with Crippen molar-refractivity contribution >= 4 is 11.6 Å². The summed E-state index contributed by atoms with van der Waals surface area (Å²) in [7, 11) is 0. The standard InChI is InChI=1S/C24H25ClN2O4/c1-15-2-9-24(27-26-15)31-20-6-3-16(4-7-20)10-18-11-17(5-8-22(18)25)23-13-19(29)12-21(14-28)30-23/h2-9,11,19,21,23,28-29H,10,12-14H2,1H3. The van der Waals surface area contributed by atoms with Crippen LogP contribution in [-0.4, -0.2) is 39.2 Å². The van der Waals surface area contributed by atoms with Crippen LogP contribution in [0.4, 0.5) is 0 Å². The third-order valence-electron chi connectivity index (χ3n) is 5.34. The van der Waals surface area contributed by atoms with Gasteiger partial charge in [-0.25, -0.2) is 0 Å². The van der Waals surface area contributed by atoms with Gasteiger partial charge in [0.25, 0.3) is 0 Å². The summed E-state index contributed by atoms with van der Waals surface area (Å²) >= 11 is 6.45. The molecule has 3 unspecified atom stereocenters. The number of aliphatic hydroxyl groups is 2. The molecular weight excluding hydrogens is 416 g/mol. The highest BCUT2D eigenvalue weighted by Crippen LogP contribution is 2.34. The molecule has 7 heteroatoms. The quantitative estimate of drug-likeness (QED) is 0.591. The third-order valence-corrected chi connectivity index (χ3v) is 5.71. The van der Waals surface area contributed by atoms with Crippen molar-refractivity contribution in [1.82, 2.24) is 10.2 Å². The van der Waals surface area contributed by atoms with Crippen molar-refractivity contribution < 1.29 is 19.7 Å². The van der Waals surface area contributed by atoms with Crippen LogP contribution in [0.2, 0.25) is 5.02 Å². The fourth-order valence-electron chi connectivity index (χ4n) is 3.71. The summed E-state index contributed by atoms with van der Waals surface area (Å²) in [6, 6.07) is 17.2. The minimum Gasteiger partial charge on any atom is -0.438 e. The first-order valence-corrected chi connectivity index (χ1v) is 10.7. The Morgan fingerprint density at radius 1 is 1.06 bits per heavy atom. The summed E-state index contributed by atoms with van der Waals surface area (Å²) in [6.07, 6.45) is 0.514. The normalized spacial score (nSPS) is 21.1. The molecule has 0 aliphatic carbocycles. The van der Waals surface area contributed by atoms with Crippen LogP contribution in [0, 0.1) is 6.92 Å². The lowest BCUT2D eigenvalue weighted by atomic mass is 9.94. The molecule has 0 spiro atoms. The highest BCUT2D eigenvalue weighted by molar-refractivity contribution is 6.31.